The van der Waals surface area contributed by atoms with Gasteiger partial charge in [-0.2, -0.15) is 0 Å². The van der Waals surface area contributed by atoms with Gasteiger partial charge in [0.2, 0.25) is 0 Å². The van der Waals surface area contributed by atoms with E-state index in [1.807, 2.05) is 0 Å². The summed E-state index contributed by atoms with van der Waals surface area (Å²) in [4.78, 5) is 10.5. The van der Waals surface area contributed by atoms with E-state index in [1.165, 1.54) is 0 Å². The van der Waals surface area contributed by atoms with Crippen LogP contribution in [0.5, 0.6) is 0 Å². The predicted molar refractivity (Wildman–Crippen MR) is 47.0 cm³/mol. The van der Waals surface area contributed by atoms with Crippen LogP contribution < -0.4 is 5.73 Å². The first-order valence-electron chi connectivity index (χ1n) is 4.04. The van der Waals surface area contributed by atoms with Gasteiger partial charge in [-0.1, -0.05) is 0 Å². The summed E-state index contributed by atoms with van der Waals surface area (Å²) in [6, 6.07) is -1.06. The molecule has 0 saturated carbocycles. The second kappa shape index (κ2) is 3.26. The van der Waals surface area contributed by atoms with Gasteiger partial charge in [0, 0.05) is 0 Å². The molecule has 13 heavy (non-hydrogen) atoms. The van der Waals surface area contributed by atoms with E-state index in [2.05, 4.69) is 0 Å². The molecular weight excluding hydrogens is 194 g/mol. The third-order valence-corrected chi connectivity index (χ3v) is 4.80. The molecule has 1 aliphatic rings. The molecule has 6 heteroatoms. The van der Waals surface area contributed by atoms with Gasteiger partial charge in [0.1, 0.15) is 6.04 Å². The fraction of sp³-hybridized carbons (Fsp3) is 0.857. The molecule has 0 radical (unpaired) electrons. The summed E-state index contributed by atoms with van der Waals surface area (Å²) in [5.41, 5.74) is 5.34. The first kappa shape index (κ1) is 10.5. The number of rotatable bonds is 2. The SMILES string of the molecule is CC1CC(C(N)C(=O)O)CS1(=O)=O. The molecule has 0 spiro atoms. The molecule has 3 N–H and O–H groups in total. The summed E-state index contributed by atoms with van der Waals surface area (Å²) in [6.45, 7) is 1.59. The Bertz CT molecular complexity index is 310. The van der Waals surface area contributed by atoms with Crippen molar-refractivity contribution in [1.82, 2.24) is 0 Å². The Morgan fingerprint density at radius 3 is 2.46 bits per heavy atom. The van der Waals surface area contributed by atoms with E-state index in [9.17, 15) is 13.2 Å². The van der Waals surface area contributed by atoms with Crippen molar-refractivity contribution in [3.8, 4) is 0 Å². The summed E-state index contributed by atoms with van der Waals surface area (Å²) in [5, 5.41) is 8.12. The van der Waals surface area contributed by atoms with Crippen LogP contribution in [-0.4, -0.2) is 36.5 Å². The lowest BCUT2D eigenvalue weighted by atomic mass is 9.98. The molecule has 5 nitrogen and oxygen atoms in total. The number of carbonyl (C=O) groups is 1. The van der Waals surface area contributed by atoms with Crippen LogP contribution in [0.2, 0.25) is 0 Å². The fourth-order valence-electron chi connectivity index (χ4n) is 1.56. The highest BCUT2D eigenvalue weighted by Crippen LogP contribution is 2.27. The average Bonchev–Trinajstić information content (AvgIpc) is 2.25. The van der Waals surface area contributed by atoms with Gasteiger partial charge in [-0.3, -0.25) is 4.79 Å². The Labute approximate surface area is 76.8 Å². The smallest absolute Gasteiger partial charge is 0.320 e. The van der Waals surface area contributed by atoms with Crippen molar-refractivity contribution < 1.29 is 18.3 Å². The third kappa shape index (κ3) is 2.00. The summed E-state index contributed by atoms with van der Waals surface area (Å²) in [7, 11) is -3.10. The van der Waals surface area contributed by atoms with Crippen LogP contribution in [0.1, 0.15) is 13.3 Å². The number of carboxylic acids is 1. The lowest BCUT2D eigenvalue weighted by Gasteiger charge is -2.11. The Hall–Kier alpha value is -0.620. The van der Waals surface area contributed by atoms with Gasteiger partial charge in [-0.25, -0.2) is 8.42 Å². The molecule has 0 amide bonds. The van der Waals surface area contributed by atoms with E-state index in [0.717, 1.165) is 0 Å². The normalized spacial score (nSPS) is 34.3. The molecule has 0 bridgehead atoms. The zero-order valence-corrected chi connectivity index (χ0v) is 8.12. The van der Waals surface area contributed by atoms with Gasteiger partial charge in [-0.05, 0) is 19.3 Å². The van der Waals surface area contributed by atoms with Gasteiger partial charge < -0.3 is 10.8 Å². The van der Waals surface area contributed by atoms with Crippen molar-refractivity contribution >= 4 is 15.8 Å². The van der Waals surface area contributed by atoms with Crippen molar-refractivity contribution in [3.05, 3.63) is 0 Å². The molecule has 0 aliphatic carbocycles. The van der Waals surface area contributed by atoms with Gasteiger partial charge >= 0.3 is 5.97 Å². The molecule has 76 valence electrons. The lowest BCUT2D eigenvalue weighted by molar-refractivity contribution is -0.139. The summed E-state index contributed by atoms with van der Waals surface area (Å²) >= 11 is 0. The zero-order chi connectivity index (χ0) is 10.2. The number of nitrogens with two attached hydrogens (primary N) is 1. The van der Waals surface area contributed by atoms with E-state index in [0.29, 0.717) is 6.42 Å². The predicted octanol–water partition coefficient (Wildman–Crippen LogP) is -0.778. The lowest BCUT2D eigenvalue weighted by Crippen LogP contribution is -2.38. The van der Waals surface area contributed by atoms with E-state index in [1.54, 1.807) is 6.92 Å². The molecule has 0 aromatic heterocycles. The molecule has 3 atom stereocenters. The Kier molecular flexibility index (Phi) is 2.63. The van der Waals surface area contributed by atoms with E-state index in [-0.39, 0.29) is 5.75 Å². The minimum Gasteiger partial charge on any atom is -0.480 e. The van der Waals surface area contributed by atoms with Crippen molar-refractivity contribution in [1.29, 1.82) is 0 Å². The van der Waals surface area contributed by atoms with Gasteiger partial charge in [-0.15, -0.1) is 0 Å². The van der Waals surface area contributed by atoms with Crippen molar-refractivity contribution in [2.45, 2.75) is 24.6 Å². The van der Waals surface area contributed by atoms with Crippen molar-refractivity contribution in [2.75, 3.05) is 5.75 Å². The maximum atomic E-state index is 11.3. The van der Waals surface area contributed by atoms with Crippen molar-refractivity contribution in [2.24, 2.45) is 11.7 Å². The van der Waals surface area contributed by atoms with Crippen LogP contribution >= 0.6 is 0 Å². The van der Waals surface area contributed by atoms with Gasteiger partial charge in [0.05, 0.1) is 11.0 Å². The first-order chi connectivity index (χ1) is 5.84. The summed E-state index contributed by atoms with van der Waals surface area (Å²) in [6.07, 6.45) is 0.357. The molecule has 1 rings (SSSR count). The van der Waals surface area contributed by atoms with Gasteiger partial charge in [0.15, 0.2) is 9.84 Å². The largest absolute Gasteiger partial charge is 0.480 e. The topological polar surface area (TPSA) is 97.5 Å². The summed E-state index contributed by atoms with van der Waals surface area (Å²) < 4.78 is 22.5. The first-order valence-corrected chi connectivity index (χ1v) is 5.76. The highest BCUT2D eigenvalue weighted by molar-refractivity contribution is 7.92. The monoisotopic (exact) mass is 207 g/mol. The van der Waals surface area contributed by atoms with Crippen LogP contribution in [0.4, 0.5) is 0 Å². The van der Waals surface area contributed by atoms with E-state index >= 15 is 0 Å². The van der Waals surface area contributed by atoms with Crippen LogP contribution in [0.3, 0.4) is 0 Å². The van der Waals surface area contributed by atoms with Crippen LogP contribution in [0, 0.1) is 5.92 Å². The molecule has 1 saturated heterocycles. The fourth-order valence-corrected chi connectivity index (χ4v) is 3.36. The average molecular weight is 207 g/mol. The maximum absolute atomic E-state index is 11.3. The summed E-state index contributed by atoms with van der Waals surface area (Å²) in [5.74, 6) is -1.66. The van der Waals surface area contributed by atoms with Crippen LogP contribution in [0.15, 0.2) is 0 Å². The Morgan fingerprint density at radius 1 is 1.62 bits per heavy atom. The standard InChI is InChI=1S/C7H13NO4S/c1-4-2-5(3-13(4,11)12)6(8)7(9)10/h4-6H,2-3,8H2,1H3,(H,9,10). The highest BCUT2D eigenvalue weighted by Gasteiger charge is 2.40. The number of aliphatic carboxylic acids is 1. The Balaban J connectivity index is 2.75. The zero-order valence-electron chi connectivity index (χ0n) is 7.30. The number of sulfone groups is 1. The number of carboxylic acid groups (broad SMARTS) is 1. The minimum absolute atomic E-state index is 0.0956. The Morgan fingerprint density at radius 2 is 2.15 bits per heavy atom. The van der Waals surface area contributed by atoms with Crippen LogP contribution in [-0.2, 0) is 14.6 Å². The highest BCUT2D eigenvalue weighted by atomic mass is 32.2. The molecule has 1 aliphatic heterocycles. The van der Waals surface area contributed by atoms with E-state index < -0.39 is 33.0 Å². The molecular formula is C7H13NO4S. The molecule has 3 unspecified atom stereocenters. The molecule has 1 fully saturated rings. The van der Waals surface area contributed by atoms with Crippen LogP contribution in [0.25, 0.3) is 0 Å². The van der Waals surface area contributed by atoms with Gasteiger partial charge in [0.25, 0.3) is 0 Å². The second-order valence-corrected chi connectivity index (χ2v) is 5.96. The third-order valence-electron chi connectivity index (χ3n) is 2.49. The second-order valence-electron chi connectivity index (χ2n) is 3.50. The van der Waals surface area contributed by atoms with Crippen molar-refractivity contribution in [3.63, 3.8) is 0 Å². The molecule has 1 heterocycles. The quantitative estimate of drug-likeness (QED) is 0.619. The maximum Gasteiger partial charge on any atom is 0.320 e. The number of hydrogen-bond acceptors (Lipinski definition) is 4. The van der Waals surface area contributed by atoms with E-state index in [4.69, 9.17) is 10.8 Å². The molecule has 0 aromatic rings. The number of hydrogen-bond donors (Lipinski definition) is 2. The molecule has 0 aromatic carbocycles. The minimum atomic E-state index is -3.10.